The van der Waals surface area contributed by atoms with Crippen LogP contribution < -0.4 is 0 Å². The molecule has 1 aromatic carbocycles. The van der Waals surface area contributed by atoms with Crippen molar-refractivity contribution in [2.45, 2.75) is 25.3 Å². The van der Waals surface area contributed by atoms with Gasteiger partial charge in [0.05, 0.1) is 12.0 Å². The smallest absolute Gasteiger partial charge is 0.305 e. The number of thiophene rings is 1. The zero-order valence-corrected chi connectivity index (χ0v) is 17.7. The Morgan fingerprint density at radius 1 is 1.16 bits per heavy atom. The molecule has 4 aromatic heterocycles. The van der Waals surface area contributed by atoms with Crippen LogP contribution in [0.1, 0.15) is 24.6 Å². The van der Waals surface area contributed by atoms with Gasteiger partial charge in [0, 0.05) is 45.7 Å². The molecule has 32 heavy (non-hydrogen) atoms. The van der Waals surface area contributed by atoms with Gasteiger partial charge in [-0.15, -0.1) is 11.3 Å². The molecule has 1 aliphatic heterocycles. The van der Waals surface area contributed by atoms with Gasteiger partial charge in [0.2, 0.25) is 5.82 Å². The molecule has 5 aromatic rings. The number of carbonyl (C=O) groups is 1. The molecule has 7 nitrogen and oxygen atoms in total. The first kappa shape index (κ1) is 18.9. The third-order valence-electron chi connectivity index (χ3n) is 5.91. The van der Waals surface area contributed by atoms with Crippen LogP contribution in [0.25, 0.3) is 44.2 Å². The highest BCUT2D eigenvalue weighted by Gasteiger charge is 2.26. The summed E-state index contributed by atoms with van der Waals surface area (Å²) >= 11 is 1.65. The number of carboxylic acids is 1. The molecule has 0 spiro atoms. The Hall–Kier alpha value is -3.78. The summed E-state index contributed by atoms with van der Waals surface area (Å²) in [4.78, 5) is 21.4. The average molecular weight is 443 g/mol. The number of rotatable bonds is 5. The maximum atomic E-state index is 11.3. The predicted octanol–water partition coefficient (Wildman–Crippen LogP) is 5.44. The SMILES string of the molecule is O=C(O)CC1CCc2cc3ccc(-c4noc(-c5cncc(-c6cccs6)c5)n4)cc3n21. The molecule has 0 fully saturated rings. The monoisotopic (exact) mass is 442 g/mol. The largest absolute Gasteiger partial charge is 0.481 e. The van der Waals surface area contributed by atoms with E-state index in [1.54, 1.807) is 17.5 Å². The number of aryl methyl sites for hydroxylation is 1. The minimum absolute atomic E-state index is 0.0258. The fraction of sp³-hybridized carbons (Fsp3) is 0.167. The number of pyridine rings is 1. The lowest BCUT2D eigenvalue weighted by Crippen LogP contribution is -2.09. The zero-order chi connectivity index (χ0) is 21.7. The van der Waals surface area contributed by atoms with Crippen molar-refractivity contribution in [3.63, 3.8) is 0 Å². The average Bonchev–Trinajstić information content (AvgIpc) is 3.58. The second-order valence-electron chi connectivity index (χ2n) is 7.93. The molecule has 1 aliphatic rings. The maximum Gasteiger partial charge on any atom is 0.305 e. The van der Waals surface area contributed by atoms with Gasteiger partial charge in [-0.25, -0.2) is 0 Å². The molecular weight excluding hydrogens is 424 g/mol. The van der Waals surface area contributed by atoms with Crippen molar-refractivity contribution in [1.82, 2.24) is 19.7 Å². The minimum Gasteiger partial charge on any atom is -0.481 e. The van der Waals surface area contributed by atoms with Crippen LogP contribution in [0.15, 0.2) is 64.8 Å². The third-order valence-corrected chi connectivity index (χ3v) is 6.82. The number of hydrogen-bond acceptors (Lipinski definition) is 6. The molecular formula is C24H18N4O3S. The van der Waals surface area contributed by atoms with Crippen molar-refractivity contribution in [2.75, 3.05) is 0 Å². The van der Waals surface area contributed by atoms with E-state index in [4.69, 9.17) is 4.52 Å². The lowest BCUT2D eigenvalue weighted by atomic mass is 10.1. The molecule has 0 saturated carbocycles. The number of aromatic nitrogens is 4. The van der Waals surface area contributed by atoms with Gasteiger partial charge in [-0.3, -0.25) is 9.78 Å². The molecule has 0 saturated heterocycles. The van der Waals surface area contributed by atoms with Gasteiger partial charge in [0.1, 0.15) is 0 Å². The summed E-state index contributed by atoms with van der Waals surface area (Å²) in [5.74, 6) is 0.129. The standard InChI is InChI=1S/C24H18N4O3S/c29-22(30)11-19-6-5-18-9-14-3-4-15(10-20(14)28(18)19)23-26-24(31-27-23)17-8-16(12-25-13-17)21-2-1-7-32-21/h1-4,7-10,12-13,19H,5-6,11H2,(H,29,30). The molecule has 0 amide bonds. The van der Waals surface area contributed by atoms with Gasteiger partial charge < -0.3 is 14.2 Å². The van der Waals surface area contributed by atoms with Gasteiger partial charge in [-0.05, 0) is 47.9 Å². The molecule has 5 heterocycles. The number of carboxylic acid groups (broad SMARTS) is 1. The predicted molar refractivity (Wildman–Crippen MR) is 121 cm³/mol. The summed E-state index contributed by atoms with van der Waals surface area (Å²) in [6.45, 7) is 0. The Morgan fingerprint density at radius 2 is 2.06 bits per heavy atom. The highest BCUT2D eigenvalue weighted by atomic mass is 32.1. The topological polar surface area (TPSA) is 94.0 Å². The molecule has 1 unspecified atom stereocenters. The van der Waals surface area contributed by atoms with E-state index in [-0.39, 0.29) is 12.5 Å². The molecule has 6 rings (SSSR count). The number of nitrogens with zero attached hydrogens (tertiary/aromatic N) is 4. The Labute approximate surface area is 187 Å². The highest BCUT2D eigenvalue weighted by Crippen LogP contribution is 2.37. The number of fused-ring (bicyclic) bond motifs is 3. The first-order valence-electron chi connectivity index (χ1n) is 10.3. The van der Waals surface area contributed by atoms with Crippen LogP contribution in [0.2, 0.25) is 0 Å². The molecule has 0 aliphatic carbocycles. The molecule has 1 N–H and O–H groups in total. The number of benzene rings is 1. The summed E-state index contributed by atoms with van der Waals surface area (Å²) in [7, 11) is 0. The number of aliphatic carboxylic acids is 1. The van der Waals surface area contributed by atoms with Crippen molar-refractivity contribution in [3.8, 4) is 33.3 Å². The van der Waals surface area contributed by atoms with Gasteiger partial charge in [0.15, 0.2) is 0 Å². The van der Waals surface area contributed by atoms with E-state index in [0.29, 0.717) is 11.7 Å². The molecule has 0 bridgehead atoms. The van der Waals surface area contributed by atoms with Gasteiger partial charge in [-0.1, -0.05) is 23.4 Å². The maximum absolute atomic E-state index is 11.3. The second-order valence-corrected chi connectivity index (χ2v) is 8.88. The number of hydrogen-bond donors (Lipinski definition) is 1. The lowest BCUT2D eigenvalue weighted by molar-refractivity contribution is -0.137. The van der Waals surface area contributed by atoms with Gasteiger partial charge in [-0.2, -0.15) is 4.98 Å². The molecule has 8 heteroatoms. The van der Waals surface area contributed by atoms with Crippen LogP contribution in [-0.2, 0) is 11.2 Å². The summed E-state index contributed by atoms with van der Waals surface area (Å²) in [5.41, 5.74) is 4.78. The summed E-state index contributed by atoms with van der Waals surface area (Å²) < 4.78 is 7.71. The Morgan fingerprint density at radius 3 is 2.91 bits per heavy atom. The van der Waals surface area contributed by atoms with E-state index in [0.717, 1.165) is 45.3 Å². The van der Waals surface area contributed by atoms with Gasteiger partial charge >= 0.3 is 5.97 Å². The zero-order valence-electron chi connectivity index (χ0n) is 16.9. The summed E-state index contributed by atoms with van der Waals surface area (Å²) in [6, 6.07) is 14.2. The summed E-state index contributed by atoms with van der Waals surface area (Å²) in [6.07, 6.45) is 5.40. The van der Waals surface area contributed by atoms with Crippen LogP contribution >= 0.6 is 11.3 Å². The third kappa shape index (κ3) is 3.20. The first-order chi connectivity index (χ1) is 15.7. The van der Waals surface area contributed by atoms with E-state index >= 15 is 0 Å². The van der Waals surface area contributed by atoms with Crippen molar-refractivity contribution < 1.29 is 14.4 Å². The Balaban J connectivity index is 1.36. The van der Waals surface area contributed by atoms with Crippen LogP contribution in [0.4, 0.5) is 0 Å². The van der Waals surface area contributed by atoms with Crippen molar-refractivity contribution >= 4 is 28.2 Å². The lowest BCUT2D eigenvalue weighted by Gasteiger charge is -2.13. The molecule has 0 radical (unpaired) electrons. The van der Waals surface area contributed by atoms with Crippen LogP contribution in [-0.4, -0.2) is 30.8 Å². The minimum atomic E-state index is -0.776. The highest BCUT2D eigenvalue weighted by molar-refractivity contribution is 7.13. The quantitative estimate of drug-likeness (QED) is 0.389. The van der Waals surface area contributed by atoms with E-state index < -0.39 is 5.97 Å². The summed E-state index contributed by atoms with van der Waals surface area (Å²) in [5, 5.41) is 16.6. The van der Waals surface area contributed by atoms with Crippen molar-refractivity contribution in [1.29, 1.82) is 0 Å². The van der Waals surface area contributed by atoms with Crippen molar-refractivity contribution in [3.05, 3.63) is 65.9 Å². The van der Waals surface area contributed by atoms with Crippen LogP contribution in [0.3, 0.4) is 0 Å². The first-order valence-corrected chi connectivity index (χ1v) is 11.2. The fourth-order valence-electron chi connectivity index (χ4n) is 4.47. The van der Waals surface area contributed by atoms with E-state index in [1.807, 2.05) is 48.0 Å². The van der Waals surface area contributed by atoms with Crippen molar-refractivity contribution in [2.24, 2.45) is 0 Å². The Bertz CT molecular complexity index is 1450. The second kappa shape index (κ2) is 7.42. The fourth-order valence-corrected chi connectivity index (χ4v) is 5.18. The van der Waals surface area contributed by atoms with E-state index in [1.165, 1.54) is 5.69 Å². The van der Waals surface area contributed by atoms with Crippen LogP contribution in [0, 0.1) is 0 Å². The van der Waals surface area contributed by atoms with E-state index in [2.05, 4.69) is 25.8 Å². The molecule has 1 atom stereocenters. The Kier molecular flexibility index (Phi) is 4.39. The molecule has 158 valence electrons. The van der Waals surface area contributed by atoms with Crippen LogP contribution in [0.5, 0.6) is 0 Å². The normalized spacial score (nSPS) is 15.3. The van der Waals surface area contributed by atoms with E-state index in [9.17, 15) is 9.90 Å². The van der Waals surface area contributed by atoms with Gasteiger partial charge in [0.25, 0.3) is 5.89 Å².